The topological polar surface area (TPSA) is 116 Å². The fourth-order valence-corrected chi connectivity index (χ4v) is 7.88. The Balaban J connectivity index is -0.000000432. The second kappa shape index (κ2) is 21.8. The van der Waals surface area contributed by atoms with Gasteiger partial charge in [0, 0.05) is 51.7 Å². The zero-order valence-electron chi connectivity index (χ0n) is 19.5. The van der Waals surface area contributed by atoms with Gasteiger partial charge in [0.05, 0.1) is 0 Å². The number of rotatable bonds is 17. The summed E-state index contributed by atoms with van der Waals surface area (Å²) in [5.41, 5.74) is 5.48. The quantitative estimate of drug-likeness (QED) is 0.323. The van der Waals surface area contributed by atoms with Crippen molar-refractivity contribution in [2.75, 3.05) is 46.2 Å². The summed E-state index contributed by atoms with van der Waals surface area (Å²) < 4.78 is 33.9. The van der Waals surface area contributed by atoms with Gasteiger partial charge in [0.2, 0.25) is 0 Å². The highest BCUT2D eigenvalue weighted by atomic mass is 28.4. The molecule has 0 heterocycles. The van der Waals surface area contributed by atoms with Crippen molar-refractivity contribution in [1.82, 2.24) is 6.15 Å². The van der Waals surface area contributed by atoms with Crippen LogP contribution in [0.3, 0.4) is 0 Å². The monoisotopic (exact) mass is 444 g/mol. The van der Waals surface area contributed by atoms with Gasteiger partial charge < -0.3 is 38.4 Å². The van der Waals surface area contributed by atoms with E-state index in [-0.39, 0.29) is 6.15 Å². The third-order valence-electron chi connectivity index (χ3n) is 3.43. The van der Waals surface area contributed by atoms with Crippen LogP contribution in [0, 0.1) is 0 Å². The normalized spacial score (nSPS) is 11.6. The second-order valence-electron chi connectivity index (χ2n) is 5.61. The minimum Gasteiger partial charge on any atom is -0.374 e. The van der Waals surface area contributed by atoms with E-state index in [1.165, 1.54) is 0 Å². The van der Waals surface area contributed by atoms with Crippen LogP contribution in [0.2, 0.25) is 12.1 Å². The molecule has 0 bridgehead atoms. The fraction of sp³-hybridized carbons (Fsp3) is 1.00. The Morgan fingerprint density at radius 1 is 0.536 bits per heavy atom. The van der Waals surface area contributed by atoms with Crippen molar-refractivity contribution in [3.63, 3.8) is 0 Å². The van der Waals surface area contributed by atoms with Crippen LogP contribution < -0.4 is 11.9 Å². The molecule has 0 aliphatic carbocycles. The second-order valence-corrected chi connectivity index (χ2v) is 11.1. The Bertz CT molecular complexity index is 271. The SMILES string of the molecule is CCC[Si](OCC)(OCC)OCC.CCO[Si](CCCN)(OCC)OCC.N. The van der Waals surface area contributed by atoms with E-state index in [1.807, 2.05) is 41.5 Å². The van der Waals surface area contributed by atoms with Crippen LogP contribution in [-0.2, 0) is 26.6 Å². The van der Waals surface area contributed by atoms with Gasteiger partial charge in [-0.3, -0.25) is 0 Å². The van der Waals surface area contributed by atoms with Crippen LogP contribution in [0.25, 0.3) is 0 Å². The first-order chi connectivity index (χ1) is 13.0. The first-order valence-electron chi connectivity index (χ1n) is 10.5. The summed E-state index contributed by atoms with van der Waals surface area (Å²) in [6, 6.07) is 1.74. The molecule has 0 aromatic carbocycles. The van der Waals surface area contributed by atoms with Crippen molar-refractivity contribution in [3.05, 3.63) is 0 Å². The lowest BCUT2D eigenvalue weighted by Crippen LogP contribution is -2.46. The van der Waals surface area contributed by atoms with Crippen LogP contribution in [0.4, 0.5) is 0 Å². The fourth-order valence-electron chi connectivity index (χ4n) is 2.63. The lowest BCUT2D eigenvalue weighted by molar-refractivity contribution is 0.0702. The van der Waals surface area contributed by atoms with Crippen molar-refractivity contribution < 1.29 is 26.6 Å². The molecule has 0 aromatic rings. The molecule has 0 saturated heterocycles. The van der Waals surface area contributed by atoms with E-state index in [2.05, 4.69) is 6.92 Å². The van der Waals surface area contributed by atoms with Gasteiger partial charge in [-0.25, -0.2) is 0 Å². The maximum atomic E-state index is 5.65. The number of hydrogen-bond donors (Lipinski definition) is 2. The molecule has 5 N–H and O–H groups in total. The summed E-state index contributed by atoms with van der Waals surface area (Å²) in [5, 5.41) is 0. The summed E-state index contributed by atoms with van der Waals surface area (Å²) in [4.78, 5) is 0. The van der Waals surface area contributed by atoms with Crippen LogP contribution in [0.1, 0.15) is 61.3 Å². The third kappa shape index (κ3) is 15.0. The van der Waals surface area contributed by atoms with Crippen molar-refractivity contribution in [1.29, 1.82) is 0 Å². The molecule has 8 nitrogen and oxygen atoms in total. The largest absolute Gasteiger partial charge is 0.500 e. The molecule has 0 radical (unpaired) electrons. The summed E-state index contributed by atoms with van der Waals surface area (Å²) in [6.45, 7) is 18.5. The molecule has 0 atom stereocenters. The minimum absolute atomic E-state index is 0. The van der Waals surface area contributed by atoms with E-state index >= 15 is 0 Å². The smallest absolute Gasteiger partial charge is 0.374 e. The van der Waals surface area contributed by atoms with E-state index in [0.29, 0.717) is 46.2 Å². The number of hydrogen-bond acceptors (Lipinski definition) is 8. The molecule has 0 aromatic heterocycles. The van der Waals surface area contributed by atoms with Gasteiger partial charge in [-0.15, -0.1) is 0 Å². The van der Waals surface area contributed by atoms with Crippen LogP contribution in [0.5, 0.6) is 0 Å². The first kappa shape index (κ1) is 32.8. The minimum atomic E-state index is -2.40. The van der Waals surface area contributed by atoms with Crippen molar-refractivity contribution in [3.8, 4) is 0 Å². The lowest BCUT2D eigenvalue weighted by atomic mass is 10.5. The zero-order valence-corrected chi connectivity index (χ0v) is 21.5. The van der Waals surface area contributed by atoms with Crippen LogP contribution >= 0.6 is 0 Å². The summed E-state index contributed by atoms with van der Waals surface area (Å²) in [6.07, 6.45) is 1.94. The summed E-state index contributed by atoms with van der Waals surface area (Å²) >= 11 is 0. The molecular formula is C18H48N2O6Si2. The Labute approximate surface area is 176 Å². The van der Waals surface area contributed by atoms with Gasteiger partial charge in [0.1, 0.15) is 0 Å². The average molecular weight is 445 g/mol. The average Bonchev–Trinajstić information content (AvgIpc) is 2.62. The van der Waals surface area contributed by atoms with Gasteiger partial charge in [-0.05, 0) is 54.5 Å². The first-order valence-corrected chi connectivity index (χ1v) is 14.4. The molecular weight excluding hydrogens is 396 g/mol. The predicted molar refractivity (Wildman–Crippen MR) is 120 cm³/mol. The molecule has 10 heteroatoms. The van der Waals surface area contributed by atoms with Crippen molar-refractivity contribution in [2.45, 2.75) is 73.4 Å². The molecule has 0 amide bonds. The Hall–Kier alpha value is 0.114. The van der Waals surface area contributed by atoms with Crippen LogP contribution in [0.15, 0.2) is 0 Å². The van der Waals surface area contributed by atoms with Gasteiger partial charge in [0.25, 0.3) is 0 Å². The maximum Gasteiger partial charge on any atom is 0.500 e. The van der Waals surface area contributed by atoms with Crippen molar-refractivity contribution >= 4 is 17.6 Å². The Kier molecular flexibility index (Phi) is 25.5. The van der Waals surface area contributed by atoms with E-state index < -0.39 is 17.6 Å². The highest BCUT2D eigenvalue weighted by Crippen LogP contribution is 2.18. The molecule has 28 heavy (non-hydrogen) atoms. The maximum absolute atomic E-state index is 5.65. The molecule has 0 spiro atoms. The third-order valence-corrected chi connectivity index (χ3v) is 9.88. The molecule has 0 fully saturated rings. The van der Waals surface area contributed by atoms with E-state index in [1.54, 1.807) is 0 Å². The number of nitrogens with two attached hydrogens (primary N) is 1. The van der Waals surface area contributed by atoms with Crippen molar-refractivity contribution in [2.24, 2.45) is 5.73 Å². The molecule has 0 rings (SSSR count). The molecule has 0 aliphatic rings. The predicted octanol–water partition coefficient (Wildman–Crippen LogP) is 3.99. The molecule has 174 valence electrons. The molecule has 0 unspecified atom stereocenters. The van der Waals surface area contributed by atoms with Gasteiger partial charge in [-0.1, -0.05) is 13.3 Å². The van der Waals surface area contributed by atoms with Gasteiger partial charge in [0.15, 0.2) is 0 Å². The Morgan fingerprint density at radius 3 is 1.04 bits per heavy atom. The summed E-state index contributed by atoms with van der Waals surface area (Å²) in [7, 11) is -4.69. The van der Waals surface area contributed by atoms with Gasteiger partial charge in [-0.2, -0.15) is 0 Å². The standard InChI is InChI=1S/C9H23NO3Si.C9H22O3Si.H3N/c1-4-11-14(12-5-2,13-6-3)9-7-8-10;1-5-9-13(10-6-2,11-7-3)12-8-4;/h4-10H2,1-3H3;5-9H2,1-4H3;1H3. The van der Waals surface area contributed by atoms with Crippen LogP contribution in [-0.4, -0.2) is 63.8 Å². The highest BCUT2D eigenvalue weighted by Gasteiger charge is 2.39. The van der Waals surface area contributed by atoms with Gasteiger partial charge >= 0.3 is 17.6 Å². The molecule has 0 saturated carbocycles. The Morgan fingerprint density at radius 2 is 0.821 bits per heavy atom. The van der Waals surface area contributed by atoms with E-state index in [9.17, 15) is 0 Å². The lowest BCUT2D eigenvalue weighted by Gasteiger charge is -2.28. The highest BCUT2D eigenvalue weighted by molar-refractivity contribution is 6.61. The zero-order chi connectivity index (χ0) is 21.0. The van der Waals surface area contributed by atoms with E-state index in [0.717, 1.165) is 24.9 Å². The molecule has 0 aliphatic heterocycles. The summed E-state index contributed by atoms with van der Waals surface area (Å²) in [5.74, 6) is 0. The van der Waals surface area contributed by atoms with E-state index in [4.69, 9.17) is 32.3 Å².